The van der Waals surface area contributed by atoms with Gasteiger partial charge in [0.25, 0.3) is 0 Å². The molecule has 0 aromatic carbocycles. The second-order valence-electron chi connectivity index (χ2n) is 5.42. The van der Waals surface area contributed by atoms with Gasteiger partial charge in [0.15, 0.2) is 0 Å². The van der Waals surface area contributed by atoms with Crippen LogP contribution in [0.4, 0.5) is 0 Å². The van der Waals surface area contributed by atoms with Crippen LogP contribution in [0.5, 0.6) is 0 Å². The molecule has 2 bridgehead atoms. The van der Waals surface area contributed by atoms with E-state index in [9.17, 15) is 0 Å². The Morgan fingerprint density at radius 1 is 1.08 bits per heavy atom. The summed E-state index contributed by atoms with van der Waals surface area (Å²) < 4.78 is 0. The van der Waals surface area contributed by atoms with Crippen LogP contribution in [0.25, 0.3) is 0 Å². The summed E-state index contributed by atoms with van der Waals surface area (Å²) >= 11 is 4.24. The Balaban J connectivity index is 0.000000396. The maximum Gasteiger partial charge on any atom is 0 e. The van der Waals surface area contributed by atoms with Crippen LogP contribution in [0.3, 0.4) is 0 Å². The summed E-state index contributed by atoms with van der Waals surface area (Å²) in [5.74, 6) is 4.08. The van der Waals surface area contributed by atoms with Crippen LogP contribution in [-0.2, 0) is 0 Å². The molecule has 0 N–H and O–H groups in total. The lowest BCUT2D eigenvalue weighted by Crippen LogP contribution is -2.31. The van der Waals surface area contributed by atoms with Gasteiger partial charge in [-0.3, -0.25) is 0 Å². The number of hydrogen-bond donors (Lipinski definition) is 0. The second-order valence-corrected chi connectivity index (χ2v) is 5.42. The van der Waals surface area contributed by atoms with E-state index in [1.54, 1.807) is 0 Å². The average Bonchev–Trinajstić information content (AvgIpc) is 2.57. The van der Waals surface area contributed by atoms with E-state index in [1.807, 2.05) is 0 Å². The third-order valence-electron chi connectivity index (χ3n) is 4.81. The van der Waals surface area contributed by atoms with Gasteiger partial charge in [0.05, 0.1) is 0 Å². The van der Waals surface area contributed by atoms with Crippen LogP contribution >= 0.6 is 37.2 Å². The van der Waals surface area contributed by atoms with E-state index >= 15 is 0 Å². The number of fused-ring (bicyclic) bond motifs is 2. The highest BCUT2D eigenvalue weighted by Gasteiger charge is 2.53. The van der Waals surface area contributed by atoms with Crippen molar-refractivity contribution in [2.75, 3.05) is 0 Å². The van der Waals surface area contributed by atoms with Crippen LogP contribution < -0.4 is 0 Å². The number of halogens is 2. The van der Waals surface area contributed by atoms with E-state index in [4.69, 9.17) is 0 Å². The topological polar surface area (TPSA) is 0 Å². The number of rotatable bonds is 0. The predicted octanol–water partition coefficient (Wildman–Crippen LogP) is 5.10. The molecule has 0 aliphatic heterocycles. The van der Waals surface area contributed by atoms with Gasteiger partial charge in [0.2, 0.25) is 0 Å². The van der Waals surface area contributed by atoms with E-state index in [0.717, 1.165) is 23.7 Å². The Labute approximate surface area is 106 Å². The molecule has 2 fully saturated rings. The molecule has 0 spiro atoms. The quantitative estimate of drug-likeness (QED) is 0.492. The summed E-state index contributed by atoms with van der Waals surface area (Å²) in [5.41, 5.74) is 0.650. The van der Waals surface area contributed by atoms with E-state index < -0.39 is 0 Å². The monoisotopic (exact) mass is 406 g/mol. The summed E-state index contributed by atoms with van der Waals surface area (Å²) in [6, 6.07) is 0. The fourth-order valence-electron chi connectivity index (χ4n) is 3.51. The van der Waals surface area contributed by atoms with Crippen molar-refractivity contribution in [3.63, 3.8) is 0 Å². The predicted molar refractivity (Wildman–Crippen MR) is 76.4 cm³/mol. The third-order valence-corrected chi connectivity index (χ3v) is 4.81. The smallest absolute Gasteiger partial charge is 0 e. The van der Waals surface area contributed by atoms with E-state index in [-0.39, 0.29) is 0 Å². The lowest BCUT2D eigenvalue weighted by atomic mass is 9.67. The molecule has 0 amide bonds. The van der Waals surface area contributed by atoms with Crippen LogP contribution in [0.15, 0.2) is 0 Å². The van der Waals surface area contributed by atoms with Crippen molar-refractivity contribution in [1.82, 2.24) is 0 Å². The molecule has 4 unspecified atom stereocenters. The minimum Gasteiger partial charge on any atom is -0.0622 e. The van der Waals surface area contributed by atoms with Crippen molar-refractivity contribution in [1.29, 1.82) is 0 Å². The molecule has 4 atom stereocenters. The Bertz CT molecular complexity index is 173. The molecule has 0 saturated heterocycles. The standard InChI is InChI=1S/C11H20.I2/c1-7-5-9-6-10(7)8(2)11(9,3)4;1-2/h7-10H,5-6H2,1-4H3;. The third kappa shape index (κ3) is 2.04. The molecule has 0 heterocycles. The first-order valence-electron chi connectivity index (χ1n) is 5.17. The highest BCUT2D eigenvalue weighted by Crippen LogP contribution is 2.61. The van der Waals surface area contributed by atoms with E-state index in [0.29, 0.717) is 5.41 Å². The average molecular weight is 406 g/mol. The van der Waals surface area contributed by atoms with Gasteiger partial charge < -0.3 is 0 Å². The fourth-order valence-corrected chi connectivity index (χ4v) is 3.51. The van der Waals surface area contributed by atoms with Gasteiger partial charge in [0.1, 0.15) is 0 Å². The summed E-state index contributed by atoms with van der Waals surface area (Å²) in [5, 5.41) is 0. The molecule has 0 aromatic heterocycles. The van der Waals surface area contributed by atoms with Crippen molar-refractivity contribution < 1.29 is 0 Å². The largest absolute Gasteiger partial charge is 0.0622 e. The van der Waals surface area contributed by atoms with Crippen molar-refractivity contribution >= 4 is 37.2 Å². The Morgan fingerprint density at radius 3 is 1.92 bits per heavy atom. The molecule has 2 aliphatic rings. The van der Waals surface area contributed by atoms with Crippen LogP contribution in [0.2, 0.25) is 0 Å². The van der Waals surface area contributed by atoms with Crippen molar-refractivity contribution in [3.05, 3.63) is 0 Å². The van der Waals surface area contributed by atoms with Gasteiger partial charge in [0, 0.05) is 37.2 Å². The molecule has 78 valence electrons. The van der Waals surface area contributed by atoms with Gasteiger partial charge >= 0.3 is 0 Å². The van der Waals surface area contributed by atoms with Gasteiger partial charge in [-0.1, -0.05) is 27.7 Å². The molecule has 0 aromatic rings. The molecule has 13 heavy (non-hydrogen) atoms. The molecule has 2 rings (SSSR count). The maximum absolute atomic E-state index is 2.47. The molecule has 0 radical (unpaired) electrons. The van der Waals surface area contributed by atoms with E-state index in [1.165, 1.54) is 12.8 Å². The Morgan fingerprint density at radius 2 is 1.62 bits per heavy atom. The SMILES string of the molecule is CC1CC2CC1C(C)C2(C)C.II. The first-order chi connectivity index (χ1) is 6.03. The van der Waals surface area contributed by atoms with Crippen molar-refractivity contribution in [2.24, 2.45) is 29.1 Å². The van der Waals surface area contributed by atoms with E-state index in [2.05, 4.69) is 64.9 Å². The maximum atomic E-state index is 2.47. The zero-order chi connectivity index (χ0) is 10.2. The Kier molecular flexibility index (Phi) is 4.37. The molecule has 0 nitrogen and oxygen atoms in total. The summed E-state index contributed by atoms with van der Waals surface area (Å²) in [7, 11) is 0. The van der Waals surface area contributed by atoms with Crippen LogP contribution in [-0.4, -0.2) is 0 Å². The molecular weight excluding hydrogens is 386 g/mol. The Hall–Kier alpha value is 1.46. The summed E-state index contributed by atoms with van der Waals surface area (Å²) in [6.45, 7) is 9.83. The highest BCUT2D eigenvalue weighted by atomic mass is 128. The molecule has 2 heteroatoms. The van der Waals surface area contributed by atoms with Gasteiger partial charge in [-0.2, -0.15) is 0 Å². The first-order valence-corrected chi connectivity index (χ1v) is 11.5. The summed E-state index contributed by atoms with van der Waals surface area (Å²) in [4.78, 5) is 0. The zero-order valence-electron chi connectivity index (χ0n) is 8.98. The minimum atomic E-state index is 0.650. The van der Waals surface area contributed by atoms with Crippen molar-refractivity contribution in [2.45, 2.75) is 40.5 Å². The minimum absolute atomic E-state index is 0.650. The van der Waals surface area contributed by atoms with Crippen LogP contribution in [0, 0.1) is 29.1 Å². The second kappa shape index (κ2) is 4.54. The fraction of sp³-hybridized carbons (Fsp3) is 1.00. The normalized spacial score (nSPS) is 45.7. The lowest BCUT2D eigenvalue weighted by molar-refractivity contribution is 0.104. The summed E-state index contributed by atoms with van der Waals surface area (Å²) in [6.07, 6.45) is 3.03. The van der Waals surface area contributed by atoms with Gasteiger partial charge in [-0.15, -0.1) is 0 Å². The van der Waals surface area contributed by atoms with Crippen LogP contribution in [0.1, 0.15) is 40.5 Å². The first kappa shape index (κ1) is 12.5. The molecule has 2 aliphatic carbocycles. The lowest BCUT2D eigenvalue weighted by Gasteiger charge is -2.38. The number of hydrogen-bond acceptors (Lipinski definition) is 0. The molecular formula is C11H20I2. The highest BCUT2D eigenvalue weighted by molar-refractivity contribution is 15.0. The van der Waals surface area contributed by atoms with Crippen molar-refractivity contribution in [3.8, 4) is 0 Å². The van der Waals surface area contributed by atoms with Gasteiger partial charge in [-0.25, -0.2) is 0 Å². The zero-order valence-corrected chi connectivity index (χ0v) is 13.3. The van der Waals surface area contributed by atoms with Gasteiger partial charge in [-0.05, 0) is 41.9 Å². The molecule has 2 saturated carbocycles.